The lowest BCUT2D eigenvalue weighted by molar-refractivity contribution is 0.407. The Morgan fingerprint density at radius 3 is 2.44 bits per heavy atom. The van der Waals surface area contributed by atoms with E-state index in [0.717, 1.165) is 15.8 Å². The Hall–Kier alpha value is -1.01. The van der Waals surface area contributed by atoms with Gasteiger partial charge in [0.1, 0.15) is 5.75 Å². The SMILES string of the molecule is COc1c(Br)cc(C(C)(C)C)cc1CC#N. The molecule has 16 heavy (non-hydrogen) atoms. The van der Waals surface area contributed by atoms with Gasteiger partial charge in [-0.3, -0.25) is 0 Å². The maximum atomic E-state index is 8.80. The molecule has 0 aromatic heterocycles. The zero-order valence-corrected chi connectivity index (χ0v) is 11.7. The number of hydrogen-bond acceptors (Lipinski definition) is 2. The van der Waals surface area contributed by atoms with Crippen molar-refractivity contribution in [2.45, 2.75) is 32.6 Å². The second kappa shape index (κ2) is 4.88. The number of benzene rings is 1. The average molecular weight is 282 g/mol. The van der Waals surface area contributed by atoms with Crippen molar-refractivity contribution in [2.75, 3.05) is 7.11 Å². The first-order valence-electron chi connectivity index (χ1n) is 5.14. The summed E-state index contributed by atoms with van der Waals surface area (Å²) >= 11 is 3.49. The van der Waals surface area contributed by atoms with Crippen LogP contribution in [-0.4, -0.2) is 7.11 Å². The number of nitriles is 1. The van der Waals surface area contributed by atoms with Gasteiger partial charge in [0.2, 0.25) is 0 Å². The van der Waals surface area contributed by atoms with Crippen LogP contribution in [0.4, 0.5) is 0 Å². The first-order valence-corrected chi connectivity index (χ1v) is 5.93. The van der Waals surface area contributed by atoms with Crippen molar-refractivity contribution in [3.05, 3.63) is 27.7 Å². The summed E-state index contributed by atoms with van der Waals surface area (Å²) in [5.41, 5.74) is 2.20. The van der Waals surface area contributed by atoms with Gasteiger partial charge >= 0.3 is 0 Å². The van der Waals surface area contributed by atoms with Gasteiger partial charge in [-0.25, -0.2) is 0 Å². The minimum absolute atomic E-state index is 0.0684. The molecule has 0 bridgehead atoms. The predicted molar refractivity (Wildman–Crippen MR) is 68.7 cm³/mol. The smallest absolute Gasteiger partial charge is 0.137 e. The molecule has 0 aliphatic heterocycles. The molecule has 0 heterocycles. The molecule has 1 aromatic rings. The van der Waals surface area contributed by atoms with Crippen LogP contribution in [0.25, 0.3) is 0 Å². The van der Waals surface area contributed by atoms with Crippen molar-refractivity contribution in [3.63, 3.8) is 0 Å². The molecule has 2 nitrogen and oxygen atoms in total. The molecule has 0 spiro atoms. The minimum Gasteiger partial charge on any atom is -0.495 e. The van der Waals surface area contributed by atoms with Gasteiger partial charge in [0.05, 0.1) is 24.1 Å². The van der Waals surface area contributed by atoms with E-state index in [1.54, 1.807) is 7.11 Å². The fraction of sp³-hybridized carbons (Fsp3) is 0.462. The maximum Gasteiger partial charge on any atom is 0.137 e. The Balaban J connectivity index is 3.35. The average Bonchev–Trinajstić information content (AvgIpc) is 2.16. The molecule has 86 valence electrons. The predicted octanol–water partition coefficient (Wildman–Crippen LogP) is 3.82. The van der Waals surface area contributed by atoms with Gasteiger partial charge in [-0.15, -0.1) is 0 Å². The number of halogens is 1. The zero-order chi connectivity index (χ0) is 12.3. The summed E-state index contributed by atoms with van der Waals surface area (Å²) < 4.78 is 6.21. The highest BCUT2D eigenvalue weighted by molar-refractivity contribution is 9.10. The summed E-state index contributed by atoms with van der Waals surface area (Å²) in [5, 5.41) is 8.80. The van der Waals surface area contributed by atoms with E-state index in [1.807, 2.05) is 6.07 Å². The van der Waals surface area contributed by atoms with Crippen molar-refractivity contribution in [1.29, 1.82) is 5.26 Å². The van der Waals surface area contributed by atoms with Crippen LogP contribution in [0.5, 0.6) is 5.75 Å². The maximum absolute atomic E-state index is 8.80. The number of nitrogens with zero attached hydrogens (tertiary/aromatic N) is 1. The normalized spacial score (nSPS) is 11.0. The van der Waals surface area contributed by atoms with Gasteiger partial charge < -0.3 is 4.74 Å². The largest absolute Gasteiger partial charge is 0.495 e. The molecule has 0 N–H and O–H groups in total. The minimum atomic E-state index is 0.0684. The number of methoxy groups -OCH3 is 1. The lowest BCUT2D eigenvalue weighted by Crippen LogP contribution is -2.12. The van der Waals surface area contributed by atoms with Crippen molar-refractivity contribution >= 4 is 15.9 Å². The molecular weight excluding hydrogens is 266 g/mol. The topological polar surface area (TPSA) is 33.0 Å². The van der Waals surface area contributed by atoms with Crippen LogP contribution in [0.3, 0.4) is 0 Å². The molecule has 0 aliphatic carbocycles. The first kappa shape index (κ1) is 13.1. The van der Waals surface area contributed by atoms with E-state index in [0.29, 0.717) is 6.42 Å². The number of hydrogen-bond donors (Lipinski definition) is 0. The van der Waals surface area contributed by atoms with Gasteiger partial charge in [0.15, 0.2) is 0 Å². The Bertz CT molecular complexity index is 427. The molecule has 0 saturated carbocycles. The molecule has 1 aromatic carbocycles. The zero-order valence-electron chi connectivity index (χ0n) is 10.1. The van der Waals surface area contributed by atoms with Crippen molar-refractivity contribution in [3.8, 4) is 11.8 Å². The van der Waals surface area contributed by atoms with Gasteiger partial charge in [-0.05, 0) is 33.0 Å². The Kier molecular flexibility index (Phi) is 3.98. The highest BCUT2D eigenvalue weighted by Gasteiger charge is 2.18. The first-order chi connectivity index (χ1) is 7.40. The molecule has 0 aliphatic rings. The molecule has 1 rings (SSSR count). The van der Waals surface area contributed by atoms with E-state index in [9.17, 15) is 0 Å². The lowest BCUT2D eigenvalue weighted by Gasteiger charge is -2.21. The Morgan fingerprint density at radius 2 is 2.00 bits per heavy atom. The molecule has 0 unspecified atom stereocenters. The summed E-state index contributed by atoms with van der Waals surface area (Å²) in [4.78, 5) is 0. The van der Waals surface area contributed by atoms with Crippen molar-refractivity contribution < 1.29 is 4.74 Å². The van der Waals surface area contributed by atoms with E-state index in [1.165, 1.54) is 5.56 Å². The lowest BCUT2D eigenvalue weighted by atomic mass is 9.86. The second-order valence-corrected chi connectivity index (χ2v) is 5.59. The Labute approximate surface area is 105 Å². The Morgan fingerprint density at radius 1 is 1.38 bits per heavy atom. The molecule has 0 atom stereocenters. The monoisotopic (exact) mass is 281 g/mol. The molecule has 0 saturated heterocycles. The van der Waals surface area contributed by atoms with Crippen LogP contribution >= 0.6 is 15.9 Å². The quantitative estimate of drug-likeness (QED) is 0.826. The molecule has 0 fully saturated rings. The van der Waals surface area contributed by atoms with Crippen LogP contribution < -0.4 is 4.74 Å². The molecular formula is C13H16BrNO. The van der Waals surface area contributed by atoms with Crippen LogP contribution in [0, 0.1) is 11.3 Å². The molecule has 3 heteroatoms. The van der Waals surface area contributed by atoms with Gasteiger partial charge in [-0.2, -0.15) is 5.26 Å². The third kappa shape index (κ3) is 2.76. The highest BCUT2D eigenvalue weighted by Crippen LogP contribution is 2.35. The second-order valence-electron chi connectivity index (χ2n) is 4.74. The third-order valence-electron chi connectivity index (χ3n) is 2.46. The fourth-order valence-corrected chi connectivity index (χ4v) is 2.19. The fourth-order valence-electron chi connectivity index (χ4n) is 1.53. The van der Waals surface area contributed by atoms with E-state index >= 15 is 0 Å². The van der Waals surface area contributed by atoms with Crippen LogP contribution in [-0.2, 0) is 11.8 Å². The highest BCUT2D eigenvalue weighted by atomic mass is 79.9. The van der Waals surface area contributed by atoms with Gasteiger partial charge in [0.25, 0.3) is 0 Å². The van der Waals surface area contributed by atoms with E-state index < -0.39 is 0 Å². The summed E-state index contributed by atoms with van der Waals surface area (Å²) in [6, 6.07) is 6.27. The van der Waals surface area contributed by atoms with Crippen molar-refractivity contribution in [1.82, 2.24) is 0 Å². The number of ether oxygens (including phenoxy) is 1. The standard InChI is InChI=1S/C13H16BrNO/c1-13(2,3)10-7-9(5-6-15)12(16-4)11(14)8-10/h7-8H,5H2,1-4H3. The summed E-state index contributed by atoms with van der Waals surface area (Å²) in [7, 11) is 1.62. The summed E-state index contributed by atoms with van der Waals surface area (Å²) in [5.74, 6) is 0.759. The van der Waals surface area contributed by atoms with E-state index in [2.05, 4.69) is 48.8 Å². The van der Waals surface area contributed by atoms with Gasteiger partial charge in [0, 0.05) is 5.56 Å². The van der Waals surface area contributed by atoms with Crippen LogP contribution in [0.1, 0.15) is 31.9 Å². The van der Waals surface area contributed by atoms with E-state index in [4.69, 9.17) is 10.00 Å². The van der Waals surface area contributed by atoms with Gasteiger partial charge in [-0.1, -0.05) is 26.8 Å². The van der Waals surface area contributed by atoms with Crippen molar-refractivity contribution in [2.24, 2.45) is 0 Å². The summed E-state index contributed by atoms with van der Waals surface area (Å²) in [6.07, 6.45) is 0.367. The molecule has 0 radical (unpaired) electrons. The number of rotatable bonds is 2. The molecule has 0 amide bonds. The van der Waals surface area contributed by atoms with Crippen LogP contribution in [0.2, 0.25) is 0 Å². The van der Waals surface area contributed by atoms with Crippen LogP contribution in [0.15, 0.2) is 16.6 Å². The summed E-state index contributed by atoms with van der Waals surface area (Å²) in [6.45, 7) is 6.45. The van der Waals surface area contributed by atoms with E-state index in [-0.39, 0.29) is 5.41 Å². The third-order valence-corrected chi connectivity index (χ3v) is 3.05.